The van der Waals surface area contributed by atoms with Crippen molar-refractivity contribution in [2.45, 2.75) is 19.4 Å². The summed E-state index contributed by atoms with van der Waals surface area (Å²) in [7, 11) is 0. The molecule has 0 aliphatic carbocycles. The van der Waals surface area contributed by atoms with Crippen molar-refractivity contribution in [1.29, 1.82) is 0 Å². The lowest BCUT2D eigenvalue weighted by Crippen LogP contribution is -2.48. The number of nitrogens with one attached hydrogen (secondary N) is 2. The van der Waals surface area contributed by atoms with Crippen LogP contribution in [0.5, 0.6) is 11.5 Å². The van der Waals surface area contributed by atoms with E-state index in [0.29, 0.717) is 36.0 Å². The fourth-order valence-electron chi connectivity index (χ4n) is 3.23. The van der Waals surface area contributed by atoms with Crippen LogP contribution in [0.4, 0.5) is 5.69 Å². The summed E-state index contributed by atoms with van der Waals surface area (Å²) in [4.78, 5) is 38.5. The molecule has 2 aromatic rings. The standard InChI is InChI=1S/C20H19N3O5/c1-12-4-2-3-5-14(12)19(25)22-21-15-11-18(24)23(20(15)26)13-6-7-16-17(10-13)28-9-8-27-16/h2-7,10,15,21H,8-9,11H2,1H3,(H,22,25). The number of hydrazine groups is 1. The fraction of sp³-hybridized carbons (Fsp3) is 0.250. The van der Waals surface area contributed by atoms with E-state index in [0.717, 1.165) is 10.5 Å². The Bertz CT molecular complexity index is 959. The van der Waals surface area contributed by atoms with E-state index in [1.54, 1.807) is 30.3 Å². The number of benzene rings is 2. The van der Waals surface area contributed by atoms with E-state index >= 15 is 0 Å². The Morgan fingerprint density at radius 1 is 1.07 bits per heavy atom. The maximum Gasteiger partial charge on any atom is 0.265 e. The monoisotopic (exact) mass is 381 g/mol. The van der Waals surface area contributed by atoms with Gasteiger partial charge in [-0.15, -0.1) is 0 Å². The van der Waals surface area contributed by atoms with Gasteiger partial charge in [-0.1, -0.05) is 18.2 Å². The molecule has 1 atom stereocenters. The van der Waals surface area contributed by atoms with E-state index < -0.39 is 11.9 Å². The molecule has 2 aliphatic rings. The normalized spacial score (nSPS) is 18.3. The third-order valence-corrected chi connectivity index (χ3v) is 4.68. The zero-order valence-corrected chi connectivity index (χ0v) is 15.2. The van der Waals surface area contributed by atoms with E-state index in [4.69, 9.17) is 9.47 Å². The molecule has 1 fully saturated rings. The molecule has 2 heterocycles. The van der Waals surface area contributed by atoms with Crippen molar-refractivity contribution in [3.63, 3.8) is 0 Å². The van der Waals surface area contributed by atoms with Gasteiger partial charge in [-0.25, -0.2) is 10.3 Å². The summed E-state index contributed by atoms with van der Waals surface area (Å²) in [6.45, 7) is 2.69. The Kier molecular flexibility index (Phi) is 4.70. The fourth-order valence-corrected chi connectivity index (χ4v) is 3.23. The number of hydrogen-bond acceptors (Lipinski definition) is 6. The van der Waals surface area contributed by atoms with E-state index in [9.17, 15) is 14.4 Å². The molecule has 0 aromatic heterocycles. The summed E-state index contributed by atoms with van der Waals surface area (Å²) in [6, 6.07) is 11.2. The zero-order valence-electron chi connectivity index (χ0n) is 15.2. The number of aryl methyl sites for hydroxylation is 1. The first-order valence-corrected chi connectivity index (χ1v) is 8.92. The Balaban J connectivity index is 1.45. The van der Waals surface area contributed by atoms with E-state index in [2.05, 4.69) is 10.9 Å². The summed E-state index contributed by atoms with van der Waals surface area (Å²) >= 11 is 0. The minimum atomic E-state index is -0.839. The number of rotatable bonds is 4. The number of anilines is 1. The molecule has 3 amide bonds. The second kappa shape index (κ2) is 7.32. The van der Waals surface area contributed by atoms with E-state index in [1.807, 2.05) is 19.1 Å². The number of nitrogens with zero attached hydrogens (tertiary/aromatic N) is 1. The SMILES string of the molecule is Cc1ccccc1C(=O)NNC1CC(=O)N(c2ccc3c(c2)OCCO3)C1=O. The highest BCUT2D eigenvalue weighted by Gasteiger charge is 2.40. The van der Waals surface area contributed by atoms with Gasteiger partial charge < -0.3 is 9.47 Å². The van der Waals surface area contributed by atoms with Crippen LogP contribution in [0, 0.1) is 6.92 Å². The predicted octanol–water partition coefficient (Wildman–Crippen LogP) is 1.33. The molecule has 1 saturated heterocycles. The van der Waals surface area contributed by atoms with Gasteiger partial charge in [0.25, 0.3) is 11.8 Å². The summed E-state index contributed by atoms with van der Waals surface area (Å²) in [6.07, 6.45) is -0.0542. The highest BCUT2D eigenvalue weighted by Crippen LogP contribution is 2.35. The largest absolute Gasteiger partial charge is 0.486 e. The van der Waals surface area contributed by atoms with Gasteiger partial charge in [0, 0.05) is 11.6 Å². The van der Waals surface area contributed by atoms with Gasteiger partial charge in [0.15, 0.2) is 11.5 Å². The van der Waals surface area contributed by atoms with Crippen LogP contribution in [0.15, 0.2) is 42.5 Å². The topological polar surface area (TPSA) is 97.0 Å². The summed E-state index contributed by atoms with van der Waals surface area (Å²) < 4.78 is 11.0. The van der Waals surface area contributed by atoms with Crippen LogP contribution in [0.3, 0.4) is 0 Å². The molecule has 4 rings (SSSR count). The molecule has 2 aliphatic heterocycles. The zero-order chi connectivity index (χ0) is 19.7. The van der Waals surface area contributed by atoms with Gasteiger partial charge >= 0.3 is 0 Å². The number of carbonyl (C=O) groups is 3. The first kappa shape index (κ1) is 18.0. The Labute approximate surface area is 161 Å². The van der Waals surface area contributed by atoms with Gasteiger partial charge in [0.1, 0.15) is 19.3 Å². The number of hydrogen-bond donors (Lipinski definition) is 2. The lowest BCUT2D eigenvalue weighted by molar-refractivity contribution is -0.121. The minimum absolute atomic E-state index is 0.0542. The molecular formula is C20H19N3O5. The Morgan fingerprint density at radius 3 is 2.61 bits per heavy atom. The quantitative estimate of drug-likeness (QED) is 0.613. The molecule has 0 spiro atoms. The van der Waals surface area contributed by atoms with Crippen molar-refractivity contribution >= 4 is 23.4 Å². The summed E-state index contributed by atoms with van der Waals surface area (Å²) in [5.41, 5.74) is 6.92. The first-order valence-electron chi connectivity index (χ1n) is 8.92. The second-order valence-corrected chi connectivity index (χ2v) is 6.57. The van der Waals surface area contributed by atoms with Gasteiger partial charge in [-0.3, -0.25) is 19.8 Å². The van der Waals surface area contributed by atoms with Crippen molar-refractivity contribution in [3.8, 4) is 11.5 Å². The summed E-state index contributed by atoms with van der Waals surface area (Å²) in [5, 5.41) is 0. The van der Waals surface area contributed by atoms with Crippen molar-refractivity contribution in [3.05, 3.63) is 53.6 Å². The molecule has 2 aromatic carbocycles. The van der Waals surface area contributed by atoms with Crippen LogP contribution in [-0.2, 0) is 9.59 Å². The number of imide groups is 1. The van der Waals surface area contributed by atoms with Crippen LogP contribution in [-0.4, -0.2) is 37.0 Å². The molecular weight excluding hydrogens is 362 g/mol. The first-order chi connectivity index (χ1) is 13.5. The molecule has 0 bridgehead atoms. The Morgan fingerprint density at radius 2 is 1.82 bits per heavy atom. The van der Waals surface area contributed by atoms with Gasteiger partial charge in [-0.05, 0) is 30.7 Å². The predicted molar refractivity (Wildman–Crippen MR) is 100 cm³/mol. The molecule has 2 N–H and O–H groups in total. The number of amides is 3. The van der Waals surface area contributed by atoms with Gasteiger partial charge in [0.2, 0.25) is 5.91 Å². The van der Waals surface area contributed by atoms with Crippen LogP contribution >= 0.6 is 0 Å². The summed E-state index contributed by atoms with van der Waals surface area (Å²) in [5.74, 6) is -0.0879. The minimum Gasteiger partial charge on any atom is -0.486 e. The van der Waals surface area contributed by atoms with E-state index in [1.165, 1.54) is 0 Å². The van der Waals surface area contributed by atoms with Crippen molar-refractivity contribution in [2.75, 3.05) is 18.1 Å². The number of carbonyl (C=O) groups excluding carboxylic acids is 3. The van der Waals surface area contributed by atoms with Crippen molar-refractivity contribution in [2.24, 2.45) is 0 Å². The highest BCUT2D eigenvalue weighted by atomic mass is 16.6. The average Bonchev–Trinajstić information content (AvgIpc) is 2.99. The maximum atomic E-state index is 12.7. The molecule has 1 unspecified atom stereocenters. The third-order valence-electron chi connectivity index (χ3n) is 4.68. The third kappa shape index (κ3) is 3.29. The van der Waals surface area contributed by atoms with Crippen LogP contribution in [0.25, 0.3) is 0 Å². The van der Waals surface area contributed by atoms with Crippen LogP contribution < -0.4 is 25.2 Å². The smallest absolute Gasteiger partial charge is 0.265 e. The molecule has 144 valence electrons. The van der Waals surface area contributed by atoms with Crippen molar-refractivity contribution in [1.82, 2.24) is 10.9 Å². The number of fused-ring (bicyclic) bond motifs is 1. The molecule has 28 heavy (non-hydrogen) atoms. The highest BCUT2D eigenvalue weighted by molar-refractivity contribution is 6.22. The van der Waals surface area contributed by atoms with Crippen molar-refractivity contribution < 1.29 is 23.9 Å². The van der Waals surface area contributed by atoms with Crippen LogP contribution in [0.2, 0.25) is 0 Å². The van der Waals surface area contributed by atoms with Gasteiger partial charge in [-0.2, -0.15) is 0 Å². The molecule has 0 radical (unpaired) electrons. The van der Waals surface area contributed by atoms with Gasteiger partial charge in [0.05, 0.1) is 12.1 Å². The molecule has 0 saturated carbocycles. The Hall–Kier alpha value is -3.39. The lowest BCUT2D eigenvalue weighted by Gasteiger charge is -2.21. The average molecular weight is 381 g/mol. The lowest BCUT2D eigenvalue weighted by atomic mass is 10.1. The maximum absolute atomic E-state index is 12.7. The van der Waals surface area contributed by atoms with E-state index in [-0.39, 0.29) is 18.2 Å². The molecule has 8 heteroatoms. The number of ether oxygens (including phenoxy) is 2. The molecule has 8 nitrogen and oxygen atoms in total. The second-order valence-electron chi connectivity index (χ2n) is 6.57. The van der Waals surface area contributed by atoms with Crippen LogP contribution in [0.1, 0.15) is 22.3 Å².